The second-order valence-corrected chi connectivity index (χ2v) is 15.0. The van der Waals surface area contributed by atoms with Gasteiger partial charge in [-0.2, -0.15) is 0 Å². The number of fused-ring (bicyclic) bond motifs is 1. The normalized spacial score (nSPS) is 15.5. The molecule has 4 rings (SSSR count). The molecule has 1 aliphatic carbocycles. The van der Waals surface area contributed by atoms with Crippen molar-refractivity contribution in [2.45, 2.75) is 3.67 Å². The zero-order valence-corrected chi connectivity index (χ0v) is 15.9. The van der Waals surface area contributed by atoms with Crippen molar-refractivity contribution < 1.29 is 21.4 Å². The second kappa shape index (κ2) is 6.18. The van der Waals surface area contributed by atoms with Crippen molar-refractivity contribution in [3.63, 3.8) is 0 Å². The number of hydrogen-bond acceptors (Lipinski definition) is 0. The van der Waals surface area contributed by atoms with Crippen LogP contribution in [0.3, 0.4) is 0 Å². The van der Waals surface area contributed by atoms with Gasteiger partial charge >= 0.3 is 140 Å². The average Bonchev–Trinajstić information content (AvgIpc) is 3.01. The summed E-state index contributed by atoms with van der Waals surface area (Å²) in [6.45, 7) is 0. The van der Waals surface area contributed by atoms with Crippen LogP contribution in [0.4, 0.5) is 0 Å². The van der Waals surface area contributed by atoms with E-state index in [4.69, 9.17) is 0 Å². The zero-order valence-electron chi connectivity index (χ0n) is 12.3. The Morgan fingerprint density at radius 1 is 0.591 bits per heavy atom. The van der Waals surface area contributed by atoms with Gasteiger partial charge < -0.3 is 0 Å². The molecule has 0 bridgehead atoms. The molecule has 0 saturated carbocycles. The van der Waals surface area contributed by atoms with Crippen LogP contribution in [-0.2, 0) is 21.4 Å². The molecular weight excluding hydrogens is 431 g/mol. The van der Waals surface area contributed by atoms with E-state index in [0.29, 0.717) is 3.67 Å². The van der Waals surface area contributed by atoms with Crippen molar-refractivity contribution in [1.82, 2.24) is 0 Å². The summed E-state index contributed by atoms with van der Waals surface area (Å²) in [5, 5.41) is 0. The molecule has 0 spiro atoms. The minimum atomic E-state index is -2.23. The average molecular weight is 448 g/mol. The van der Waals surface area contributed by atoms with Crippen LogP contribution in [0, 0.1) is 0 Å². The topological polar surface area (TPSA) is 0 Å². The predicted molar refractivity (Wildman–Crippen MR) is 90.4 cm³/mol. The molecule has 0 radical (unpaired) electrons. The van der Waals surface area contributed by atoms with E-state index >= 15 is 0 Å². The van der Waals surface area contributed by atoms with Crippen LogP contribution in [0.25, 0.3) is 6.08 Å². The monoisotopic (exact) mass is 449 g/mol. The molecule has 1 atom stereocenters. The van der Waals surface area contributed by atoms with Gasteiger partial charge in [0.15, 0.2) is 0 Å². The van der Waals surface area contributed by atoms with Crippen LogP contribution < -0.4 is 6.64 Å². The summed E-state index contributed by atoms with van der Waals surface area (Å²) < 4.78 is 3.79. The Bertz CT molecular complexity index is 751. The summed E-state index contributed by atoms with van der Waals surface area (Å²) >= 11 is -2.23. The van der Waals surface area contributed by atoms with Crippen LogP contribution in [0.5, 0.6) is 0 Å². The van der Waals surface area contributed by atoms with E-state index in [0.717, 1.165) is 0 Å². The molecule has 0 saturated heterocycles. The molecule has 0 heterocycles. The molecule has 1 unspecified atom stereocenters. The summed E-state index contributed by atoms with van der Waals surface area (Å²) in [6.07, 6.45) is 4.77. The summed E-state index contributed by atoms with van der Waals surface area (Å²) in [5.74, 6) is 0. The number of rotatable bonds is 3. The van der Waals surface area contributed by atoms with Gasteiger partial charge in [0.25, 0.3) is 0 Å². The fourth-order valence-electron chi connectivity index (χ4n) is 3.26. The fourth-order valence-corrected chi connectivity index (χ4v) is 14.1. The molecule has 0 N–H and O–H groups in total. The Morgan fingerprint density at radius 3 is 1.77 bits per heavy atom. The molecule has 3 aromatic carbocycles. The molecule has 0 amide bonds. The summed E-state index contributed by atoms with van der Waals surface area (Å²) in [4.78, 5) is 0. The van der Waals surface area contributed by atoms with Gasteiger partial charge in [-0.1, -0.05) is 0 Å². The number of benzene rings is 3. The van der Waals surface area contributed by atoms with Crippen LogP contribution in [0.1, 0.15) is 14.8 Å². The van der Waals surface area contributed by atoms with Crippen molar-refractivity contribution in [3.8, 4) is 0 Å². The van der Waals surface area contributed by atoms with Crippen LogP contribution >= 0.6 is 0 Å². The first-order chi connectivity index (χ1) is 10.9. The van der Waals surface area contributed by atoms with E-state index in [1.54, 1.807) is 6.64 Å². The Hall–Kier alpha value is -1.73. The van der Waals surface area contributed by atoms with Gasteiger partial charge in [0, 0.05) is 0 Å². The van der Waals surface area contributed by atoms with E-state index in [9.17, 15) is 0 Å². The van der Waals surface area contributed by atoms with E-state index < -0.39 is 21.4 Å². The molecule has 0 aromatic heterocycles. The molecule has 0 aliphatic heterocycles. The maximum atomic E-state index is 2.45. The third-order valence-electron chi connectivity index (χ3n) is 4.28. The van der Waals surface area contributed by atoms with Gasteiger partial charge in [0.1, 0.15) is 0 Å². The molecule has 1 heteroatoms. The first-order valence-electron chi connectivity index (χ1n) is 7.68. The SMILES string of the molecule is C1=C[CH]([Hf]([c]2ccccc2)[c]2ccccc2)c2ccccc21. The van der Waals surface area contributed by atoms with Gasteiger partial charge in [0.05, 0.1) is 0 Å². The molecule has 22 heavy (non-hydrogen) atoms. The van der Waals surface area contributed by atoms with Crippen molar-refractivity contribution in [2.75, 3.05) is 0 Å². The Labute approximate surface area is 139 Å². The summed E-state index contributed by atoms with van der Waals surface area (Å²) in [5.41, 5.74) is 2.93. The zero-order chi connectivity index (χ0) is 14.8. The minimum absolute atomic E-state index is 0.617. The fraction of sp³-hybridized carbons (Fsp3) is 0.0476. The molecule has 0 nitrogen and oxygen atoms in total. The van der Waals surface area contributed by atoms with Gasteiger partial charge in [-0.3, -0.25) is 0 Å². The summed E-state index contributed by atoms with van der Waals surface area (Å²) in [7, 11) is 0. The standard InChI is InChI=1S/C9H7.2C6H5.Hf/c1-2-5-9-7-3-6-8(9)4-1;2*1-2-4-6-5-3-1;/h1-7H;2*1-5H;. The van der Waals surface area contributed by atoms with E-state index in [1.807, 2.05) is 0 Å². The quantitative estimate of drug-likeness (QED) is 0.532. The number of allylic oxidation sites excluding steroid dienone is 1. The van der Waals surface area contributed by atoms with Crippen molar-refractivity contribution >= 4 is 12.7 Å². The Balaban J connectivity index is 1.85. The van der Waals surface area contributed by atoms with Crippen molar-refractivity contribution in [2.24, 2.45) is 0 Å². The van der Waals surface area contributed by atoms with Gasteiger partial charge in [0.2, 0.25) is 0 Å². The molecule has 3 aromatic rings. The van der Waals surface area contributed by atoms with E-state index in [1.165, 1.54) is 11.1 Å². The first-order valence-corrected chi connectivity index (χ1v) is 13.3. The third-order valence-corrected chi connectivity index (χ3v) is 15.2. The van der Waals surface area contributed by atoms with Crippen molar-refractivity contribution in [3.05, 3.63) is 102 Å². The first kappa shape index (κ1) is 13.9. The van der Waals surface area contributed by atoms with E-state index in [2.05, 4.69) is 97.1 Å². The van der Waals surface area contributed by atoms with Crippen LogP contribution in [-0.4, -0.2) is 0 Å². The Kier molecular flexibility index (Phi) is 3.90. The predicted octanol–water partition coefficient (Wildman–Crippen LogP) is 4.02. The Morgan fingerprint density at radius 2 is 1.14 bits per heavy atom. The molecule has 0 fully saturated rings. The van der Waals surface area contributed by atoms with Gasteiger partial charge in [-0.15, -0.1) is 0 Å². The molecule has 105 valence electrons. The van der Waals surface area contributed by atoms with Gasteiger partial charge in [-0.05, 0) is 0 Å². The molecule has 1 aliphatic rings. The molecular formula is C21H17Hf. The van der Waals surface area contributed by atoms with Crippen molar-refractivity contribution in [1.29, 1.82) is 0 Å². The summed E-state index contributed by atoms with van der Waals surface area (Å²) in [6, 6.07) is 31.2. The van der Waals surface area contributed by atoms with Crippen LogP contribution in [0.2, 0.25) is 0 Å². The van der Waals surface area contributed by atoms with Crippen LogP contribution in [0.15, 0.2) is 91.0 Å². The van der Waals surface area contributed by atoms with Gasteiger partial charge in [-0.25, -0.2) is 0 Å². The maximum absolute atomic E-state index is 2.45. The third kappa shape index (κ3) is 2.55. The second-order valence-electron chi connectivity index (χ2n) is 5.61. The number of hydrogen-bond donors (Lipinski definition) is 0. The van der Waals surface area contributed by atoms with E-state index in [-0.39, 0.29) is 0 Å².